The third-order valence-corrected chi connectivity index (χ3v) is 3.20. The van der Waals surface area contributed by atoms with Crippen molar-refractivity contribution in [3.05, 3.63) is 29.8 Å². The summed E-state index contributed by atoms with van der Waals surface area (Å²) in [7, 11) is 2.95. The fraction of sp³-hybridized carbons (Fsp3) is 0.500. The fourth-order valence-corrected chi connectivity index (χ4v) is 1.79. The SMILES string of the molecule is COC(=O)C(C)(Nc1cccc(C)c1)C(C)OC. The molecule has 1 aromatic rings. The maximum atomic E-state index is 12.0. The number of carbonyl (C=O) groups is 1. The highest BCUT2D eigenvalue weighted by Gasteiger charge is 2.40. The van der Waals surface area contributed by atoms with Crippen molar-refractivity contribution in [1.82, 2.24) is 0 Å². The van der Waals surface area contributed by atoms with Crippen LogP contribution in [0.25, 0.3) is 0 Å². The van der Waals surface area contributed by atoms with Gasteiger partial charge in [0.05, 0.1) is 13.2 Å². The van der Waals surface area contributed by atoms with Gasteiger partial charge in [-0.25, -0.2) is 4.79 Å². The second-order valence-electron chi connectivity index (χ2n) is 4.57. The van der Waals surface area contributed by atoms with E-state index in [4.69, 9.17) is 9.47 Å². The number of carbonyl (C=O) groups excluding carboxylic acids is 1. The molecule has 0 aliphatic heterocycles. The van der Waals surface area contributed by atoms with Crippen LogP contribution in [-0.2, 0) is 14.3 Å². The van der Waals surface area contributed by atoms with Gasteiger partial charge < -0.3 is 14.8 Å². The molecule has 0 saturated carbocycles. The van der Waals surface area contributed by atoms with Gasteiger partial charge in [-0.15, -0.1) is 0 Å². The molecule has 0 fully saturated rings. The summed E-state index contributed by atoms with van der Waals surface area (Å²) in [5.41, 5.74) is 1.07. The topological polar surface area (TPSA) is 47.6 Å². The number of ether oxygens (including phenoxy) is 2. The van der Waals surface area contributed by atoms with Crippen LogP contribution < -0.4 is 5.32 Å². The Labute approximate surface area is 108 Å². The maximum Gasteiger partial charge on any atom is 0.333 e. The molecule has 0 heterocycles. The zero-order valence-corrected chi connectivity index (χ0v) is 11.6. The summed E-state index contributed by atoms with van der Waals surface area (Å²) >= 11 is 0. The minimum absolute atomic E-state index is 0.314. The molecule has 0 amide bonds. The van der Waals surface area contributed by atoms with Crippen molar-refractivity contribution in [2.24, 2.45) is 0 Å². The van der Waals surface area contributed by atoms with E-state index < -0.39 is 5.54 Å². The van der Waals surface area contributed by atoms with Crippen LogP contribution in [0.4, 0.5) is 5.69 Å². The first-order valence-corrected chi connectivity index (χ1v) is 5.90. The van der Waals surface area contributed by atoms with Crippen molar-refractivity contribution in [3.8, 4) is 0 Å². The smallest absolute Gasteiger partial charge is 0.333 e. The standard InChI is InChI=1S/C14H21NO3/c1-10-7-6-8-12(9-10)15-14(3,11(2)17-4)13(16)18-5/h6-9,11,15H,1-5H3. The third-order valence-electron chi connectivity index (χ3n) is 3.20. The molecular formula is C14H21NO3. The lowest BCUT2D eigenvalue weighted by atomic mass is 9.95. The molecule has 2 atom stereocenters. The van der Waals surface area contributed by atoms with E-state index in [1.807, 2.05) is 38.1 Å². The Morgan fingerprint density at radius 1 is 1.39 bits per heavy atom. The number of aryl methyl sites for hydroxylation is 1. The lowest BCUT2D eigenvalue weighted by Crippen LogP contribution is -2.53. The van der Waals surface area contributed by atoms with Gasteiger partial charge in [0.15, 0.2) is 5.54 Å². The molecule has 0 saturated heterocycles. The third kappa shape index (κ3) is 3.01. The predicted molar refractivity (Wildman–Crippen MR) is 71.7 cm³/mol. The number of rotatable bonds is 5. The van der Waals surface area contributed by atoms with Gasteiger partial charge in [0, 0.05) is 12.8 Å². The monoisotopic (exact) mass is 251 g/mol. The number of anilines is 1. The number of esters is 1. The molecule has 1 N–H and O–H groups in total. The number of nitrogens with one attached hydrogen (secondary N) is 1. The first-order valence-electron chi connectivity index (χ1n) is 5.90. The summed E-state index contributed by atoms with van der Waals surface area (Å²) in [4.78, 5) is 12.0. The lowest BCUT2D eigenvalue weighted by molar-refractivity contribution is -0.149. The average molecular weight is 251 g/mol. The van der Waals surface area contributed by atoms with Crippen LogP contribution in [0.3, 0.4) is 0 Å². The van der Waals surface area contributed by atoms with Crippen LogP contribution in [0.5, 0.6) is 0 Å². The van der Waals surface area contributed by atoms with Crippen molar-refractivity contribution in [2.75, 3.05) is 19.5 Å². The van der Waals surface area contributed by atoms with Gasteiger partial charge in [0.1, 0.15) is 0 Å². The zero-order chi connectivity index (χ0) is 13.8. The van der Waals surface area contributed by atoms with Crippen molar-refractivity contribution >= 4 is 11.7 Å². The second-order valence-corrected chi connectivity index (χ2v) is 4.57. The van der Waals surface area contributed by atoms with Gasteiger partial charge in [-0.2, -0.15) is 0 Å². The largest absolute Gasteiger partial charge is 0.467 e. The van der Waals surface area contributed by atoms with E-state index in [9.17, 15) is 4.79 Å². The highest BCUT2D eigenvalue weighted by molar-refractivity contribution is 5.84. The summed E-state index contributed by atoms with van der Waals surface area (Å²) in [6.45, 7) is 5.61. The Morgan fingerprint density at radius 3 is 2.56 bits per heavy atom. The summed E-state index contributed by atoms with van der Waals surface area (Å²) in [5, 5.41) is 3.20. The number of hydrogen-bond donors (Lipinski definition) is 1. The molecule has 100 valence electrons. The first-order chi connectivity index (χ1) is 8.43. The molecule has 0 aromatic heterocycles. The highest BCUT2D eigenvalue weighted by atomic mass is 16.5. The number of hydrogen-bond acceptors (Lipinski definition) is 4. The van der Waals surface area contributed by atoms with E-state index in [2.05, 4.69) is 5.32 Å². The van der Waals surface area contributed by atoms with Crippen molar-refractivity contribution in [2.45, 2.75) is 32.4 Å². The maximum absolute atomic E-state index is 12.0. The van der Waals surface area contributed by atoms with Gasteiger partial charge in [-0.1, -0.05) is 12.1 Å². The van der Waals surface area contributed by atoms with Gasteiger partial charge >= 0.3 is 5.97 Å². The fourth-order valence-electron chi connectivity index (χ4n) is 1.79. The molecule has 4 nitrogen and oxygen atoms in total. The Morgan fingerprint density at radius 2 is 2.06 bits per heavy atom. The van der Waals surface area contributed by atoms with E-state index in [1.165, 1.54) is 7.11 Å². The number of methoxy groups -OCH3 is 2. The van der Waals surface area contributed by atoms with Gasteiger partial charge in [-0.05, 0) is 38.5 Å². The molecule has 0 aliphatic carbocycles. The molecule has 18 heavy (non-hydrogen) atoms. The molecule has 0 radical (unpaired) electrons. The molecular weight excluding hydrogens is 230 g/mol. The minimum atomic E-state index is -0.919. The van der Waals surface area contributed by atoms with Gasteiger partial charge in [-0.3, -0.25) is 0 Å². The summed E-state index contributed by atoms with van der Waals surface area (Å²) in [5.74, 6) is -0.349. The van der Waals surface area contributed by atoms with Crippen molar-refractivity contribution < 1.29 is 14.3 Å². The van der Waals surface area contributed by atoms with Crippen molar-refractivity contribution in [1.29, 1.82) is 0 Å². The Balaban J connectivity index is 3.02. The average Bonchev–Trinajstić information content (AvgIpc) is 2.36. The normalized spacial score (nSPS) is 15.6. The molecule has 0 bridgehead atoms. The summed E-state index contributed by atoms with van der Waals surface area (Å²) in [6.07, 6.45) is -0.314. The van der Waals surface area contributed by atoms with E-state index in [0.717, 1.165) is 11.3 Å². The van der Waals surface area contributed by atoms with Gasteiger partial charge in [0.25, 0.3) is 0 Å². The van der Waals surface area contributed by atoms with Crippen LogP contribution in [-0.4, -0.2) is 31.8 Å². The van der Waals surface area contributed by atoms with E-state index >= 15 is 0 Å². The molecule has 1 rings (SSSR count). The second kappa shape index (κ2) is 5.87. The van der Waals surface area contributed by atoms with Crippen LogP contribution in [0.15, 0.2) is 24.3 Å². The quantitative estimate of drug-likeness (QED) is 0.816. The lowest BCUT2D eigenvalue weighted by Gasteiger charge is -2.33. The highest BCUT2D eigenvalue weighted by Crippen LogP contribution is 2.22. The zero-order valence-electron chi connectivity index (χ0n) is 11.6. The number of benzene rings is 1. The van der Waals surface area contributed by atoms with Crippen LogP contribution in [0.2, 0.25) is 0 Å². The summed E-state index contributed by atoms with van der Waals surface area (Å²) in [6, 6.07) is 7.83. The van der Waals surface area contributed by atoms with E-state index in [-0.39, 0.29) is 12.1 Å². The van der Waals surface area contributed by atoms with Crippen LogP contribution in [0, 0.1) is 6.92 Å². The molecule has 0 aliphatic rings. The molecule has 4 heteroatoms. The first kappa shape index (κ1) is 14.5. The Kier molecular flexibility index (Phi) is 4.73. The Bertz CT molecular complexity index is 419. The molecule has 1 aromatic carbocycles. The van der Waals surface area contributed by atoms with E-state index in [1.54, 1.807) is 14.0 Å². The van der Waals surface area contributed by atoms with Crippen LogP contribution >= 0.6 is 0 Å². The predicted octanol–water partition coefficient (Wildman–Crippen LogP) is 2.37. The van der Waals surface area contributed by atoms with E-state index in [0.29, 0.717) is 0 Å². The van der Waals surface area contributed by atoms with Crippen LogP contribution in [0.1, 0.15) is 19.4 Å². The molecule has 2 unspecified atom stereocenters. The molecule has 0 spiro atoms. The minimum Gasteiger partial charge on any atom is -0.467 e. The summed E-state index contributed by atoms with van der Waals surface area (Å²) < 4.78 is 10.1. The van der Waals surface area contributed by atoms with Crippen molar-refractivity contribution in [3.63, 3.8) is 0 Å². The van der Waals surface area contributed by atoms with Gasteiger partial charge in [0.2, 0.25) is 0 Å². The Hall–Kier alpha value is -1.55.